The third kappa shape index (κ3) is 3.11. The number of amides is 1. The van der Waals surface area contributed by atoms with Crippen LogP contribution in [-0.4, -0.2) is 39.6 Å². The number of halogens is 1. The van der Waals surface area contributed by atoms with Crippen molar-refractivity contribution in [3.05, 3.63) is 53.3 Å². The minimum atomic E-state index is -0.558. The molecule has 0 radical (unpaired) electrons. The minimum Gasteiger partial charge on any atom is -0.448 e. The molecule has 1 saturated heterocycles. The molecule has 7 heteroatoms. The SMILES string of the molecule is Cc1ccc(Nc2c(C(=O)N3C[C@H](O)CC3C)oc3c(C)cncc23)c(F)c1. The van der Waals surface area contributed by atoms with Crippen molar-refractivity contribution in [1.29, 1.82) is 0 Å². The number of hydrogen-bond donors (Lipinski definition) is 2. The highest BCUT2D eigenvalue weighted by molar-refractivity contribution is 6.07. The number of likely N-dealkylation sites (tertiary alicyclic amines) is 1. The molecular weight excluding hydrogens is 361 g/mol. The molecule has 1 fully saturated rings. The first-order valence-corrected chi connectivity index (χ1v) is 9.24. The molecular formula is C21H22FN3O3. The summed E-state index contributed by atoms with van der Waals surface area (Å²) < 4.78 is 20.4. The zero-order chi connectivity index (χ0) is 20.0. The number of nitrogens with zero attached hydrogens (tertiary/aromatic N) is 2. The van der Waals surface area contributed by atoms with Crippen molar-refractivity contribution in [2.24, 2.45) is 0 Å². The van der Waals surface area contributed by atoms with Crippen LogP contribution in [0.1, 0.15) is 35.0 Å². The molecule has 1 aromatic carbocycles. The van der Waals surface area contributed by atoms with Crippen molar-refractivity contribution in [1.82, 2.24) is 9.88 Å². The van der Waals surface area contributed by atoms with Gasteiger partial charge in [0.15, 0.2) is 0 Å². The number of aromatic nitrogens is 1. The van der Waals surface area contributed by atoms with Gasteiger partial charge in [0.2, 0.25) is 5.76 Å². The van der Waals surface area contributed by atoms with Crippen LogP contribution in [0.5, 0.6) is 0 Å². The Hall–Kier alpha value is -2.93. The lowest BCUT2D eigenvalue weighted by Gasteiger charge is -2.20. The van der Waals surface area contributed by atoms with Crippen LogP contribution >= 0.6 is 0 Å². The van der Waals surface area contributed by atoms with E-state index in [1.54, 1.807) is 29.4 Å². The van der Waals surface area contributed by atoms with Gasteiger partial charge in [0.05, 0.1) is 17.2 Å². The van der Waals surface area contributed by atoms with Crippen LogP contribution < -0.4 is 5.32 Å². The van der Waals surface area contributed by atoms with Crippen LogP contribution in [0.25, 0.3) is 11.0 Å². The first-order valence-electron chi connectivity index (χ1n) is 9.24. The fourth-order valence-corrected chi connectivity index (χ4v) is 3.69. The molecule has 2 aromatic heterocycles. The smallest absolute Gasteiger partial charge is 0.292 e. The van der Waals surface area contributed by atoms with Crippen LogP contribution in [0.2, 0.25) is 0 Å². The molecule has 6 nitrogen and oxygen atoms in total. The molecule has 146 valence electrons. The largest absolute Gasteiger partial charge is 0.448 e. The van der Waals surface area contributed by atoms with E-state index in [9.17, 15) is 14.3 Å². The predicted molar refractivity (Wildman–Crippen MR) is 104 cm³/mol. The van der Waals surface area contributed by atoms with Gasteiger partial charge in [-0.25, -0.2) is 4.39 Å². The van der Waals surface area contributed by atoms with Crippen molar-refractivity contribution in [3.8, 4) is 0 Å². The average molecular weight is 383 g/mol. The monoisotopic (exact) mass is 383 g/mol. The summed E-state index contributed by atoms with van der Waals surface area (Å²) in [5, 5.41) is 13.6. The molecule has 0 aliphatic carbocycles. The summed E-state index contributed by atoms with van der Waals surface area (Å²) >= 11 is 0. The molecule has 28 heavy (non-hydrogen) atoms. The predicted octanol–water partition coefficient (Wildman–Crippen LogP) is 3.92. The van der Waals surface area contributed by atoms with Crippen molar-refractivity contribution >= 4 is 28.3 Å². The summed E-state index contributed by atoms with van der Waals surface area (Å²) in [4.78, 5) is 19.0. The fourth-order valence-electron chi connectivity index (χ4n) is 3.69. The van der Waals surface area contributed by atoms with E-state index >= 15 is 0 Å². The molecule has 1 aliphatic rings. The number of pyridine rings is 1. The number of anilines is 2. The topological polar surface area (TPSA) is 78.6 Å². The van der Waals surface area contributed by atoms with E-state index in [0.29, 0.717) is 23.1 Å². The van der Waals surface area contributed by atoms with Gasteiger partial charge in [0, 0.05) is 30.5 Å². The van der Waals surface area contributed by atoms with Crippen LogP contribution in [-0.2, 0) is 0 Å². The van der Waals surface area contributed by atoms with E-state index in [-0.39, 0.29) is 29.9 Å². The number of nitrogens with one attached hydrogen (secondary N) is 1. The lowest BCUT2D eigenvalue weighted by atomic mass is 10.1. The van der Waals surface area contributed by atoms with Gasteiger partial charge in [-0.05, 0) is 44.9 Å². The van der Waals surface area contributed by atoms with Crippen molar-refractivity contribution in [3.63, 3.8) is 0 Å². The highest BCUT2D eigenvalue weighted by Gasteiger charge is 2.35. The number of benzene rings is 1. The molecule has 0 bridgehead atoms. The quantitative estimate of drug-likeness (QED) is 0.717. The first kappa shape index (κ1) is 18.4. The van der Waals surface area contributed by atoms with Crippen LogP contribution in [0.15, 0.2) is 35.0 Å². The third-order valence-electron chi connectivity index (χ3n) is 5.17. The van der Waals surface area contributed by atoms with Crippen LogP contribution in [0, 0.1) is 19.7 Å². The van der Waals surface area contributed by atoms with E-state index in [1.165, 1.54) is 6.07 Å². The second-order valence-corrected chi connectivity index (χ2v) is 7.44. The van der Waals surface area contributed by atoms with Gasteiger partial charge in [-0.3, -0.25) is 9.78 Å². The van der Waals surface area contributed by atoms with Gasteiger partial charge in [0.25, 0.3) is 5.91 Å². The molecule has 1 amide bonds. The summed E-state index contributed by atoms with van der Waals surface area (Å²) in [5.41, 5.74) is 2.74. The third-order valence-corrected chi connectivity index (χ3v) is 5.17. The number of aliphatic hydroxyl groups is 1. The number of aliphatic hydroxyl groups excluding tert-OH is 1. The molecule has 3 heterocycles. The number of aryl methyl sites for hydroxylation is 2. The number of rotatable bonds is 3. The van der Waals surface area contributed by atoms with Gasteiger partial charge >= 0.3 is 0 Å². The Bertz CT molecular complexity index is 1060. The molecule has 2 N–H and O–H groups in total. The van der Waals surface area contributed by atoms with Gasteiger partial charge < -0.3 is 19.7 Å². The van der Waals surface area contributed by atoms with E-state index in [0.717, 1.165) is 11.1 Å². The number of hydrogen-bond acceptors (Lipinski definition) is 5. The molecule has 0 saturated carbocycles. The van der Waals surface area contributed by atoms with E-state index in [2.05, 4.69) is 10.3 Å². The number of furan rings is 1. The lowest BCUT2D eigenvalue weighted by molar-refractivity contribution is 0.0698. The average Bonchev–Trinajstić information content (AvgIpc) is 3.17. The summed E-state index contributed by atoms with van der Waals surface area (Å²) in [5.74, 6) is -0.667. The normalized spacial score (nSPS) is 19.4. The highest BCUT2D eigenvalue weighted by Crippen LogP contribution is 2.36. The summed E-state index contributed by atoms with van der Waals surface area (Å²) in [6, 6.07) is 4.73. The van der Waals surface area contributed by atoms with Gasteiger partial charge in [0.1, 0.15) is 17.1 Å². The zero-order valence-corrected chi connectivity index (χ0v) is 16.0. The summed E-state index contributed by atoms with van der Waals surface area (Å²) in [6.45, 7) is 5.77. The zero-order valence-electron chi connectivity index (χ0n) is 16.0. The van der Waals surface area contributed by atoms with Crippen LogP contribution in [0.3, 0.4) is 0 Å². The molecule has 1 unspecified atom stereocenters. The fraction of sp³-hybridized carbons (Fsp3) is 0.333. The second kappa shape index (κ2) is 6.91. The molecule has 2 atom stereocenters. The summed E-state index contributed by atoms with van der Waals surface area (Å²) in [6.07, 6.45) is 3.21. The maximum absolute atomic E-state index is 14.4. The van der Waals surface area contributed by atoms with Crippen molar-refractivity contribution in [2.75, 3.05) is 11.9 Å². The number of carbonyl (C=O) groups excluding carboxylic acids is 1. The van der Waals surface area contributed by atoms with E-state index < -0.39 is 11.9 Å². The molecule has 1 aliphatic heterocycles. The number of β-amino-alcohol motifs (C(OH)–C–C–N with tert-alkyl or cyclic N) is 1. The Labute approximate surface area is 162 Å². The Morgan fingerprint density at radius 3 is 2.82 bits per heavy atom. The van der Waals surface area contributed by atoms with Crippen molar-refractivity contribution in [2.45, 2.75) is 39.3 Å². The Balaban J connectivity index is 1.83. The number of carbonyl (C=O) groups is 1. The van der Waals surface area contributed by atoms with Gasteiger partial charge in [-0.15, -0.1) is 0 Å². The Morgan fingerprint density at radius 2 is 2.14 bits per heavy atom. The summed E-state index contributed by atoms with van der Waals surface area (Å²) in [7, 11) is 0. The lowest BCUT2D eigenvalue weighted by Crippen LogP contribution is -2.34. The molecule has 3 aromatic rings. The number of fused-ring (bicyclic) bond motifs is 1. The van der Waals surface area contributed by atoms with Crippen molar-refractivity contribution < 1.29 is 18.7 Å². The Morgan fingerprint density at radius 1 is 1.36 bits per heavy atom. The Kier molecular flexibility index (Phi) is 4.55. The first-order chi connectivity index (χ1) is 13.3. The maximum atomic E-state index is 14.4. The van der Waals surface area contributed by atoms with E-state index in [4.69, 9.17) is 4.42 Å². The van der Waals surface area contributed by atoms with E-state index in [1.807, 2.05) is 20.8 Å². The van der Waals surface area contributed by atoms with Gasteiger partial charge in [-0.2, -0.15) is 0 Å². The molecule has 4 rings (SSSR count). The second-order valence-electron chi connectivity index (χ2n) is 7.44. The van der Waals surface area contributed by atoms with Crippen LogP contribution in [0.4, 0.5) is 15.8 Å². The standard InChI is InChI=1S/C21H22FN3O3/c1-11-4-5-17(16(22)6-11)24-18-15-9-23-8-12(2)19(15)28-20(18)21(27)25-10-14(26)7-13(25)3/h4-6,8-9,13-14,24,26H,7,10H2,1-3H3/t13?,14-/m1/s1. The molecule has 0 spiro atoms. The van der Waals surface area contributed by atoms with Gasteiger partial charge in [-0.1, -0.05) is 6.07 Å². The highest BCUT2D eigenvalue weighted by atomic mass is 19.1. The minimum absolute atomic E-state index is 0.0898. The maximum Gasteiger partial charge on any atom is 0.292 e.